The number of aromatic nitrogens is 1. The number of pyridine rings is 1. The molecule has 0 bridgehead atoms. The molecule has 1 aliphatic rings. The second-order valence-electron chi connectivity index (χ2n) is 5.26. The molecule has 1 fully saturated rings. The summed E-state index contributed by atoms with van der Waals surface area (Å²) in [6.45, 7) is 3.55. The standard InChI is InChI=1S/C14H23N3O2S/c1-3-11-20(18,19)16(2)13-7-6-10-17(12-13)14-8-4-5-9-15-14/h4-5,8-9,13H,3,6-7,10-12H2,1-2H3. The Labute approximate surface area is 121 Å². The number of hydrogen-bond acceptors (Lipinski definition) is 4. The van der Waals surface area contributed by atoms with Crippen LogP contribution in [0, 0.1) is 0 Å². The van der Waals surface area contributed by atoms with Crippen molar-refractivity contribution in [1.29, 1.82) is 0 Å². The maximum absolute atomic E-state index is 12.2. The minimum absolute atomic E-state index is 0.0438. The molecule has 1 aromatic heterocycles. The summed E-state index contributed by atoms with van der Waals surface area (Å²) < 4.78 is 25.9. The summed E-state index contributed by atoms with van der Waals surface area (Å²) in [6, 6.07) is 5.87. The summed E-state index contributed by atoms with van der Waals surface area (Å²) in [5.74, 6) is 1.15. The highest BCUT2D eigenvalue weighted by atomic mass is 32.2. The molecule has 1 atom stereocenters. The van der Waals surface area contributed by atoms with Crippen LogP contribution in [0.25, 0.3) is 0 Å². The second-order valence-corrected chi connectivity index (χ2v) is 7.41. The third-order valence-corrected chi connectivity index (χ3v) is 5.88. The minimum atomic E-state index is -3.13. The first-order chi connectivity index (χ1) is 9.54. The molecule has 0 spiro atoms. The molecule has 0 aromatic carbocycles. The Hall–Kier alpha value is -1.14. The highest BCUT2D eigenvalue weighted by molar-refractivity contribution is 7.89. The summed E-state index contributed by atoms with van der Waals surface area (Å²) in [5.41, 5.74) is 0. The molecule has 1 saturated heterocycles. The zero-order valence-corrected chi connectivity index (χ0v) is 13.0. The van der Waals surface area contributed by atoms with Crippen LogP contribution in [-0.4, -0.2) is 49.6 Å². The van der Waals surface area contributed by atoms with Crippen LogP contribution in [0.5, 0.6) is 0 Å². The normalized spacial score (nSPS) is 20.4. The topological polar surface area (TPSA) is 53.5 Å². The molecule has 5 nitrogen and oxygen atoms in total. The molecule has 1 unspecified atom stereocenters. The Bertz CT molecular complexity index is 518. The molecule has 0 aliphatic carbocycles. The first-order valence-corrected chi connectivity index (χ1v) is 8.77. The molecule has 1 aromatic rings. The fourth-order valence-electron chi connectivity index (χ4n) is 2.63. The van der Waals surface area contributed by atoms with Crippen molar-refractivity contribution >= 4 is 15.8 Å². The third kappa shape index (κ3) is 3.49. The van der Waals surface area contributed by atoms with Crippen LogP contribution >= 0.6 is 0 Å². The Balaban J connectivity index is 2.07. The van der Waals surface area contributed by atoms with Crippen molar-refractivity contribution in [2.75, 3.05) is 30.8 Å². The van der Waals surface area contributed by atoms with Gasteiger partial charge in [0.2, 0.25) is 10.0 Å². The van der Waals surface area contributed by atoms with E-state index in [9.17, 15) is 8.42 Å². The maximum Gasteiger partial charge on any atom is 0.214 e. The molecular formula is C14H23N3O2S. The molecule has 0 radical (unpaired) electrons. The Morgan fingerprint density at radius 3 is 2.90 bits per heavy atom. The van der Waals surface area contributed by atoms with Crippen LogP contribution in [0.3, 0.4) is 0 Å². The van der Waals surface area contributed by atoms with Crippen LogP contribution in [0.15, 0.2) is 24.4 Å². The van der Waals surface area contributed by atoms with E-state index in [-0.39, 0.29) is 11.8 Å². The van der Waals surface area contributed by atoms with E-state index < -0.39 is 10.0 Å². The molecule has 6 heteroatoms. The van der Waals surface area contributed by atoms with Crippen molar-refractivity contribution in [3.8, 4) is 0 Å². The minimum Gasteiger partial charge on any atom is -0.355 e. The van der Waals surface area contributed by atoms with Crippen molar-refractivity contribution in [3.63, 3.8) is 0 Å². The van der Waals surface area contributed by atoms with Crippen molar-refractivity contribution in [3.05, 3.63) is 24.4 Å². The van der Waals surface area contributed by atoms with Crippen molar-refractivity contribution < 1.29 is 8.42 Å². The van der Waals surface area contributed by atoms with Gasteiger partial charge in [-0.1, -0.05) is 13.0 Å². The zero-order chi connectivity index (χ0) is 14.6. The number of nitrogens with zero attached hydrogens (tertiary/aromatic N) is 3. The summed E-state index contributed by atoms with van der Waals surface area (Å²) in [5, 5.41) is 0. The van der Waals surface area contributed by atoms with Gasteiger partial charge in [0.1, 0.15) is 5.82 Å². The molecular weight excluding hydrogens is 274 g/mol. The lowest BCUT2D eigenvalue weighted by Gasteiger charge is -2.37. The fourth-order valence-corrected chi connectivity index (χ4v) is 4.06. The highest BCUT2D eigenvalue weighted by Crippen LogP contribution is 2.21. The molecule has 0 saturated carbocycles. The van der Waals surface area contributed by atoms with Crippen molar-refractivity contribution in [1.82, 2.24) is 9.29 Å². The Kier molecular flexibility index (Phi) is 4.99. The highest BCUT2D eigenvalue weighted by Gasteiger charge is 2.30. The predicted octanol–water partition coefficient (Wildman–Crippen LogP) is 1.72. The Morgan fingerprint density at radius 2 is 2.25 bits per heavy atom. The number of hydrogen-bond donors (Lipinski definition) is 0. The summed E-state index contributed by atoms with van der Waals surface area (Å²) in [6.07, 6.45) is 4.34. The quantitative estimate of drug-likeness (QED) is 0.830. The summed E-state index contributed by atoms with van der Waals surface area (Å²) >= 11 is 0. The molecule has 0 amide bonds. The van der Waals surface area contributed by atoms with Gasteiger partial charge in [-0.15, -0.1) is 0 Å². The first-order valence-electron chi connectivity index (χ1n) is 7.16. The van der Waals surface area contributed by atoms with Gasteiger partial charge in [-0.3, -0.25) is 0 Å². The van der Waals surface area contributed by atoms with E-state index in [2.05, 4.69) is 9.88 Å². The molecule has 20 heavy (non-hydrogen) atoms. The average molecular weight is 297 g/mol. The fraction of sp³-hybridized carbons (Fsp3) is 0.643. The third-order valence-electron chi connectivity index (χ3n) is 3.78. The van der Waals surface area contributed by atoms with E-state index in [0.29, 0.717) is 6.42 Å². The molecule has 1 aliphatic heterocycles. The number of piperidine rings is 1. The molecule has 112 valence electrons. The smallest absolute Gasteiger partial charge is 0.214 e. The van der Waals surface area contributed by atoms with Gasteiger partial charge < -0.3 is 4.90 Å². The van der Waals surface area contributed by atoms with Gasteiger partial charge in [0.25, 0.3) is 0 Å². The average Bonchev–Trinajstić information content (AvgIpc) is 2.47. The molecule has 2 rings (SSSR count). The largest absolute Gasteiger partial charge is 0.355 e. The van der Waals surface area contributed by atoms with E-state index in [1.165, 1.54) is 0 Å². The van der Waals surface area contributed by atoms with Crippen LogP contribution in [0.2, 0.25) is 0 Å². The van der Waals surface area contributed by atoms with Crippen LogP contribution < -0.4 is 4.90 Å². The van der Waals surface area contributed by atoms with Gasteiger partial charge in [0, 0.05) is 32.4 Å². The van der Waals surface area contributed by atoms with Gasteiger partial charge in [0.05, 0.1) is 5.75 Å². The van der Waals surface area contributed by atoms with Crippen LogP contribution in [0.1, 0.15) is 26.2 Å². The lowest BCUT2D eigenvalue weighted by atomic mass is 10.1. The number of sulfonamides is 1. The lowest BCUT2D eigenvalue weighted by Crippen LogP contribution is -2.49. The maximum atomic E-state index is 12.2. The van der Waals surface area contributed by atoms with E-state index in [1.807, 2.05) is 25.1 Å². The van der Waals surface area contributed by atoms with E-state index >= 15 is 0 Å². The van der Waals surface area contributed by atoms with Crippen LogP contribution in [-0.2, 0) is 10.0 Å². The van der Waals surface area contributed by atoms with Gasteiger partial charge >= 0.3 is 0 Å². The lowest BCUT2D eigenvalue weighted by molar-refractivity contribution is 0.319. The van der Waals surface area contributed by atoms with Gasteiger partial charge in [-0.2, -0.15) is 0 Å². The summed E-state index contributed by atoms with van der Waals surface area (Å²) in [7, 11) is -1.42. The summed E-state index contributed by atoms with van der Waals surface area (Å²) in [4.78, 5) is 6.53. The van der Waals surface area contributed by atoms with Gasteiger partial charge in [-0.05, 0) is 31.4 Å². The number of rotatable bonds is 5. The first kappa shape index (κ1) is 15.3. The Morgan fingerprint density at radius 1 is 1.45 bits per heavy atom. The number of anilines is 1. The molecule has 0 N–H and O–H groups in total. The van der Waals surface area contributed by atoms with Crippen molar-refractivity contribution in [2.24, 2.45) is 0 Å². The van der Waals surface area contributed by atoms with Gasteiger partial charge in [-0.25, -0.2) is 17.7 Å². The van der Waals surface area contributed by atoms with E-state index in [4.69, 9.17) is 0 Å². The van der Waals surface area contributed by atoms with Gasteiger partial charge in [0.15, 0.2) is 0 Å². The monoisotopic (exact) mass is 297 g/mol. The van der Waals surface area contributed by atoms with Crippen molar-refractivity contribution in [2.45, 2.75) is 32.2 Å². The number of likely N-dealkylation sites (N-methyl/N-ethyl adjacent to an activating group) is 1. The zero-order valence-electron chi connectivity index (χ0n) is 12.2. The van der Waals surface area contributed by atoms with Crippen LogP contribution in [0.4, 0.5) is 5.82 Å². The molecule has 2 heterocycles. The second kappa shape index (κ2) is 6.54. The predicted molar refractivity (Wildman–Crippen MR) is 81.3 cm³/mol. The SMILES string of the molecule is CCCS(=O)(=O)N(C)C1CCCN(c2ccccn2)C1. The van der Waals surface area contributed by atoms with E-state index in [0.717, 1.165) is 31.7 Å². The van der Waals surface area contributed by atoms with E-state index in [1.54, 1.807) is 17.5 Å².